The van der Waals surface area contributed by atoms with Gasteiger partial charge in [-0.2, -0.15) is 0 Å². The summed E-state index contributed by atoms with van der Waals surface area (Å²) < 4.78 is 10.5. The molecule has 0 aromatic heterocycles. The summed E-state index contributed by atoms with van der Waals surface area (Å²) in [4.78, 5) is 23.2. The lowest BCUT2D eigenvalue weighted by Crippen LogP contribution is -2.07. The lowest BCUT2D eigenvalue weighted by molar-refractivity contribution is -0.145. The molecule has 0 spiro atoms. The van der Waals surface area contributed by atoms with E-state index in [1.54, 1.807) is 0 Å². The molecule has 0 unspecified atom stereocenters. The third-order valence-corrected chi connectivity index (χ3v) is 4.39. The molecule has 0 fully saturated rings. The van der Waals surface area contributed by atoms with E-state index in [4.69, 9.17) is 9.47 Å². The highest BCUT2D eigenvalue weighted by molar-refractivity contribution is 5.69. The molecular formula is C22H42O4. The molecule has 0 saturated heterocycles. The van der Waals surface area contributed by atoms with Crippen LogP contribution in [0.3, 0.4) is 0 Å². The van der Waals surface area contributed by atoms with Crippen molar-refractivity contribution in [3.63, 3.8) is 0 Å². The van der Waals surface area contributed by atoms with Crippen LogP contribution in [0.2, 0.25) is 0 Å². The Morgan fingerprint density at radius 2 is 0.962 bits per heavy atom. The fourth-order valence-corrected chi connectivity index (χ4v) is 2.72. The summed E-state index contributed by atoms with van der Waals surface area (Å²) in [6.45, 7) is 9.93. The van der Waals surface area contributed by atoms with E-state index in [1.165, 1.54) is 12.8 Å². The molecule has 26 heavy (non-hydrogen) atoms. The van der Waals surface area contributed by atoms with Crippen LogP contribution < -0.4 is 0 Å². The van der Waals surface area contributed by atoms with Gasteiger partial charge in [0.2, 0.25) is 0 Å². The second kappa shape index (κ2) is 17.4. The van der Waals surface area contributed by atoms with Crippen LogP contribution >= 0.6 is 0 Å². The van der Waals surface area contributed by atoms with Gasteiger partial charge in [0.15, 0.2) is 0 Å². The minimum Gasteiger partial charge on any atom is -0.466 e. The molecule has 154 valence electrons. The van der Waals surface area contributed by atoms with Crippen molar-refractivity contribution in [2.24, 2.45) is 11.8 Å². The number of unbranched alkanes of at least 4 members (excludes halogenated alkanes) is 5. The molecule has 0 saturated carbocycles. The predicted octanol–water partition coefficient (Wildman–Crippen LogP) is 6.07. The van der Waals surface area contributed by atoms with Gasteiger partial charge in [-0.15, -0.1) is 0 Å². The van der Waals surface area contributed by atoms with E-state index in [0.717, 1.165) is 51.4 Å². The summed E-state index contributed by atoms with van der Waals surface area (Å²) in [6.07, 6.45) is 11.1. The number of rotatable bonds is 17. The molecular weight excluding hydrogens is 328 g/mol. The average molecular weight is 371 g/mol. The van der Waals surface area contributed by atoms with Gasteiger partial charge in [-0.25, -0.2) is 0 Å². The second-order valence-electron chi connectivity index (χ2n) is 8.13. The molecule has 4 nitrogen and oxygen atoms in total. The first kappa shape index (κ1) is 24.9. The molecule has 0 bridgehead atoms. The van der Waals surface area contributed by atoms with Crippen LogP contribution in [0.5, 0.6) is 0 Å². The molecule has 0 rings (SSSR count). The monoisotopic (exact) mass is 370 g/mol. The van der Waals surface area contributed by atoms with Gasteiger partial charge in [0.1, 0.15) is 0 Å². The third kappa shape index (κ3) is 19.3. The van der Waals surface area contributed by atoms with E-state index in [-0.39, 0.29) is 11.9 Å². The average Bonchev–Trinajstić information content (AvgIpc) is 2.56. The van der Waals surface area contributed by atoms with E-state index < -0.39 is 0 Å². The number of ether oxygens (including phenoxy) is 2. The lowest BCUT2D eigenvalue weighted by atomic mass is 10.1. The molecule has 0 N–H and O–H groups in total. The van der Waals surface area contributed by atoms with Crippen molar-refractivity contribution >= 4 is 11.9 Å². The molecule has 0 aliphatic rings. The Morgan fingerprint density at radius 3 is 1.31 bits per heavy atom. The van der Waals surface area contributed by atoms with Gasteiger partial charge in [0.25, 0.3) is 0 Å². The van der Waals surface area contributed by atoms with Gasteiger partial charge in [-0.05, 0) is 50.4 Å². The normalized spacial score (nSPS) is 11.2. The molecule has 0 aliphatic carbocycles. The van der Waals surface area contributed by atoms with Crippen LogP contribution in [-0.4, -0.2) is 25.2 Å². The number of carbonyl (C=O) groups excluding carboxylic acids is 2. The highest BCUT2D eigenvalue weighted by atomic mass is 16.5. The van der Waals surface area contributed by atoms with Gasteiger partial charge in [-0.1, -0.05) is 53.4 Å². The van der Waals surface area contributed by atoms with Crippen LogP contribution in [0.15, 0.2) is 0 Å². The van der Waals surface area contributed by atoms with Crippen molar-refractivity contribution in [3.05, 3.63) is 0 Å². The standard InChI is InChI=1S/C22H42O4/c1-19(2)13-9-11-17-25-21(23)15-7-5-6-8-16-22(24)26-18-12-10-14-20(3)4/h19-20H,5-18H2,1-4H3. The number of esters is 2. The van der Waals surface area contributed by atoms with Gasteiger partial charge in [-0.3, -0.25) is 9.59 Å². The van der Waals surface area contributed by atoms with Crippen LogP contribution in [0.4, 0.5) is 0 Å². The largest absolute Gasteiger partial charge is 0.466 e. The van der Waals surface area contributed by atoms with Crippen LogP contribution in [-0.2, 0) is 19.1 Å². The number of carbonyl (C=O) groups is 2. The Morgan fingerprint density at radius 1 is 0.577 bits per heavy atom. The van der Waals surface area contributed by atoms with Crippen molar-refractivity contribution in [3.8, 4) is 0 Å². The molecule has 0 aliphatic heterocycles. The van der Waals surface area contributed by atoms with Gasteiger partial charge in [0, 0.05) is 12.8 Å². The van der Waals surface area contributed by atoms with E-state index in [0.29, 0.717) is 37.9 Å². The number of hydrogen-bond acceptors (Lipinski definition) is 4. The van der Waals surface area contributed by atoms with Crippen molar-refractivity contribution < 1.29 is 19.1 Å². The maximum absolute atomic E-state index is 11.6. The fraction of sp³-hybridized carbons (Fsp3) is 0.909. The predicted molar refractivity (Wildman–Crippen MR) is 107 cm³/mol. The summed E-state index contributed by atoms with van der Waals surface area (Å²) in [5, 5.41) is 0. The molecule has 4 heteroatoms. The molecule has 0 amide bonds. The van der Waals surface area contributed by atoms with Crippen LogP contribution in [0, 0.1) is 11.8 Å². The zero-order valence-corrected chi connectivity index (χ0v) is 17.7. The van der Waals surface area contributed by atoms with E-state index in [1.807, 2.05) is 0 Å². The van der Waals surface area contributed by atoms with Gasteiger partial charge >= 0.3 is 11.9 Å². The Bertz CT molecular complexity index is 316. The molecule has 0 aromatic carbocycles. The third-order valence-electron chi connectivity index (χ3n) is 4.39. The molecule has 0 radical (unpaired) electrons. The Kier molecular flexibility index (Phi) is 16.7. The van der Waals surface area contributed by atoms with E-state index in [9.17, 15) is 9.59 Å². The Hall–Kier alpha value is -1.06. The van der Waals surface area contributed by atoms with Gasteiger partial charge in [0.05, 0.1) is 13.2 Å². The smallest absolute Gasteiger partial charge is 0.305 e. The maximum atomic E-state index is 11.6. The lowest BCUT2D eigenvalue weighted by Gasteiger charge is -2.07. The van der Waals surface area contributed by atoms with E-state index in [2.05, 4.69) is 27.7 Å². The fourth-order valence-electron chi connectivity index (χ4n) is 2.72. The first-order chi connectivity index (χ1) is 12.4. The van der Waals surface area contributed by atoms with Crippen molar-refractivity contribution in [1.29, 1.82) is 0 Å². The van der Waals surface area contributed by atoms with E-state index >= 15 is 0 Å². The quantitative estimate of drug-likeness (QED) is 0.230. The Balaban J connectivity index is 3.33. The molecule has 0 atom stereocenters. The summed E-state index contributed by atoms with van der Waals surface area (Å²) >= 11 is 0. The highest BCUT2D eigenvalue weighted by Crippen LogP contribution is 2.10. The van der Waals surface area contributed by atoms with Crippen molar-refractivity contribution in [1.82, 2.24) is 0 Å². The topological polar surface area (TPSA) is 52.6 Å². The first-order valence-corrected chi connectivity index (χ1v) is 10.7. The SMILES string of the molecule is CC(C)CCCCOC(=O)CCCCCCC(=O)OCCCCC(C)C. The maximum Gasteiger partial charge on any atom is 0.305 e. The van der Waals surface area contributed by atoms with Crippen LogP contribution in [0.25, 0.3) is 0 Å². The summed E-state index contributed by atoms with van der Waals surface area (Å²) in [7, 11) is 0. The molecule has 0 heterocycles. The summed E-state index contributed by atoms with van der Waals surface area (Å²) in [5.74, 6) is 1.26. The zero-order valence-electron chi connectivity index (χ0n) is 17.7. The summed E-state index contributed by atoms with van der Waals surface area (Å²) in [5.41, 5.74) is 0. The minimum atomic E-state index is -0.0876. The first-order valence-electron chi connectivity index (χ1n) is 10.7. The summed E-state index contributed by atoms with van der Waals surface area (Å²) in [6, 6.07) is 0. The van der Waals surface area contributed by atoms with Crippen molar-refractivity contribution in [2.75, 3.05) is 13.2 Å². The molecule has 0 aromatic rings. The minimum absolute atomic E-state index is 0.0876. The van der Waals surface area contributed by atoms with Crippen LogP contribution in [0.1, 0.15) is 105 Å². The van der Waals surface area contributed by atoms with Gasteiger partial charge < -0.3 is 9.47 Å². The highest BCUT2D eigenvalue weighted by Gasteiger charge is 2.05. The second-order valence-corrected chi connectivity index (χ2v) is 8.13. The number of hydrogen-bond donors (Lipinski definition) is 0. The zero-order chi connectivity index (χ0) is 19.6. The Labute approximate surface area is 161 Å². The van der Waals surface area contributed by atoms with Crippen molar-refractivity contribution in [2.45, 2.75) is 105 Å².